The SMILES string of the molecule is CCC(CC)N(CCO)C(=O)C1CCCOC1. The molecule has 0 spiro atoms. The second-order valence-electron chi connectivity index (χ2n) is 4.64. The van der Waals surface area contributed by atoms with Crippen molar-refractivity contribution in [1.29, 1.82) is 0 Å². The fourth-order valence-electron chi connectivity index (χ4n) is 2.48. The number of hydrogen-bond acceptors (Lipinski definition) is 3. The summed E-state index contributed by atoms with van der Waals surface area (Å²) in [6, 6.07) is 0.247. The van der Waals surface area contributed by atoms with E-state index in [1.54, 1.807) is 0 Å². The van der Waals surface area contributed by atoms with Crippen LogP contribution in [0.15, 0.2) is 0 Å². The zero-order chi connectivity index (χ0) is 12.7. The van der Waals surface area contributed by atoms with Crippen LogP contribution in [0.4, 0.5) is 0 Å². The van der Waals surface area contributed by atoms with E-state index >= 15 is 0 Å². The fourth-order valence-corrected chi connectivity index (χ4v) is 2.48. The molecule has 0 aromatic rings. The molecule has 1 atom stereocenters. The Labute approximate surface area is 104 Å². The molecular formula is C13H25NO3. The quantitative estimate of drug-likeness (QED) is 0.767. The summed E-state index contributed by atoms with van der Waals surface area (Å²) in [5.74, 6) is 0.156. The highest BCUT2D eigenvalue weighted by Crippen LogP contribution is 2.19. The van der Waals surface area contributed by atoms with Crippen LogP contribution in [0, 0.1) is 5.92 Å². The number of amides is 1. The maximum absolute atomic E-state index is 12.4. The molecule has 0 aromatic heterocycles. The molecule has 4 heteroatoms. The summed E-state index contributed by atoms with van der Waals surface area (Å²) >= 11 is 0. The van der Waals surface area contributed by atoms with E-state index in [0.29, 0.717) is 13.2 Å². The number of carbonyl (C=O) groups is 1. The summed E-state index contributed by atoms with van der Waals surface area (Å²) in [5, 5.41) is 9.10. The predicted octanol–water partition coefficient (Wildman–Crippen LogP) is 1.42. The van der Waals surface area contributed by atoms with Crippen molar-refractivity contribution in [1.82, 2.24) is 4.90 Å². The molecule has 1 unspecified atom stereocenters. The molecule has 1 heterocycles. The minimum absolute atomic E-state index is 0.00380. The van der Waals surface area contributed by atoms with Gasteiger partial charge in [0.05, 0.1) is 19.1 Å². The van der Waals surface area contributed by atoms with Gasteiger partial charge in [0, 0.05) is 19.2 Å². The summed E-state index contributed by atoms with van der Waals surface area (Å²) in [6.45, 7) is 5.97. The van der Waals surface area contributed by atoms with Crippen LogP contribution < -0.4 is 0 Å². The highest BCUT2D eigenvalue weighted by Gasteiger charge is 2.29. The Morgan fingerprint density at radius 2 is 2.18 bits per heavy atom. The van der Waals surface area contributed by atoms with E-state index in [4.69, 9.17) is 9.84 Å². The molecule has 1 aliphatic rings. The van der Waals surface area contributed by atoms with Gasteiger partial charge in [0.25, 0.3) is 0 Å². The van der Waals surface area contributed by atoms with Crippen LogP contribution in [0.2, 0.25) is 0 Å². The molecule has 17 heavy (non-hydrogen) atoms. The molecule has 1 saturated heterocycles. The van der Waals surface area contributed by atoms with Crippen molar-refractivity contribution in [2.75, 3.05) is 26.4 Å². The minimum Gasteiger partial charge on any atom is -0.395 e. The van der Waals surface area contributed by atoms with E-state index in [0.717, 1.165) is 32.3 Å². The van der Waals surface area contributed by atoms with Gasteiger partial charge in [-0.3, -0.25) is 4.79 Å². The monoisotopic (exact) mass is 243 g/mol. The lowest BCUT2D eigenvalue weighted by Crippen LogP contribution is -2.46. The largest absolute Gasteiger partial charge is 0.395 e. The van der Waals surface area contributed by atoms with Crippen LogP contribution in [0.3, 0.4) is 0 Å². The maximum atomic E-state index is 12.4. The summed E-state index contributed by atoms with van der Waals surface area (Å²) in [7, 11) is 0. The zero-order valence-corrected chi connectivity index (χ0v) is 11.0. The molecule has 0 aromatic carbocycles. The number of aliphatic hydroxyl groups is 1. The van der Waals surface area contributed by atoms with E-state index in [9.17, 15) is 4.79 Å². The van der Waals surface area contributed by atoms with Crippen LogP contribution in [-0.2, 0) is 9.53 Å². The summed E-state index contributed by atoms with van der Waals surface area (Å²) in [5.41, 5.74) is 0. The summed E-state index contributed by atoms with van der Waals surface area (Å²) in [4.78, 5) is 14.2. The predicted molar refractivity (Wildman–Crippen MR) is 66.7 cm³/mol. The molecule has 0 bridgehead atoms. The van der Waals surface area contributed by atoms with Crippen LogP contribution in [-0.4, -0.2) is 48.3 Å². The number of aliphatic hydroxyl groups excluding tert-OH is 1. The number of ether oxygens (including phenoxy) is 1. The minimum atomic E-state index is -0.00380. The lowest BCUT2D eigenvalue weighted by atomic mass is 9.99. The van der Waals surface area contributed by atoms with Crippen molar-refractivity contribution in [3.8, 4) is 0 Å². The Morgan fingerprint density at radius 1 is 1.47 bits per heavy atom. The molecular weight excluding hydrogens is 218 g/mol. The topological polar surface area (TPSA) is 49.8 Å². The first-order valence-electron chi connectivity index (χ1n) is 6.73. The van der Waals surface area contributed by atoms with Crippen LogP contribution >= 0.6 is 0 Å². The Bertz CT molecular complexity index is 223. The highest BCUT2D eigenvalue weighted by atomic mass is 16.5. The van der Waals surface area contributed by atoms with Gasteiger partial charge in [0.15, 0.2) is 0 Å². The van der Waals surface area contributed by atoms with Gasteiger partial charge >= 0.3 is 0 Å². The molecule has 100 valence electrons. The number of carbonyl (C=O) groups excluding carboxylic acids is 1. The average Bonchev–Trinajstić information content (AvgIpc) is 2.39. The molecule has 1 fully saturated rings. The molecule has 0 aliphatic carbocycles. The molecule has 4 nitrogen and oxygen atoms in total. The van der Waals surface area contributed by atoms with Gasteiger partial charge in [-0.15, -0.1) is 0 Å². The Morgan fingerprint density at radius 3 is 2.65 bits per heavy atom. The number of hydrogen-bond donors (Lipinski definition) is 1. The summed E-state index contributed by atoms with van der Waals surface area (Å²) < 4.78 is 5.37. The average molecular weight is 243 g/mol. The Hall–Kier alpha value is -0.610. The van der Waals surface area contributed by atoms with E-state index in [1.165, 1.54) is 0 Å². The van der Waals surface area contributed by atoms with Crippen molar-refractivity contribution >= 4 is 5.91 Å². The van der Waals surface area contributed by atoms with Crippen molar-refractivity contribution in [2.45, 2.75) is 45.6 Å². The zero-order valence-electron chi connectivity index (χ0n) is 11.0. The number of rotatable bonds is 6. The van der Waals surface area contributed by atoms with Crippen LogP contribution in [0.25, 0.3) is 0 Å². The molecule has 0 radical (unpaired) electrons. The van der Waals surface area contributed by atoms with E-state index in [2.05, 4.69) is 13.8 Å². The second kappa shape index (κ2) is 7.67. The molecule has 1 N–H and O–H groups in total. The summed E-state index contributed by atoms with van der Waals surface area (Å²) in [6.07, 6.45) is 3.76. The first-order valence-corrected chi connectivity index (χ1v) is 6.73. The lowest BCUT2D eigenvalue weighted by Gasteiger charge is -2.34. The van der Waals surface area contributed by atoms with Gasteiger partial charge in [-0.25, -0.2) is 0 Å². The van der Waals surface area contributed by atoms with Crippen molar-refractivity contribution < 1.29 is 14.6 Å². The first-order chi connectivity index (χ1) is 8.24. The second-order valence-corrected chi connectivity index (χ2v) is 4.64. The van der Waals surface area contributed by atoms with Crippen molar-refractivity contribution in [3.05, 3.63) is 0 Å². The van der Waals surface area contributed by atoms with Crippen molar-refractivity contribution in [2.24, 2.45) is 5.92 Å². The Balaban J connectivity index is 2.63. The van der Waals surface area contributed by atoms with Gasteiger partial charge in [0.2, 0.25) is 5.91 Å². The van der Waals surface area contributed by atoms with Crippen molar-refractivity contribution in [3.63, 3.8) is 0 Å². The van der Waals surface area contributed by atoms with Gasteiger partial charge in [0.1, 0.15) is 0 Å². The third-order valence-corrected chi connectivity index (χ3v) is 3.52. The van der Waals surface area contributed by atoms with Crippen LogP contribution in [0.1, 0.15) is 39.5 Å². The van der Waals surface area contributed by atoms with Gasteiger partial charge in [-0.2, -0.15) is 0 Å². The normalized spacial score (nSPS) is 20.6. The third-order valence-electron chi connectivity index (χ3n) is 3.52. The van der Waals surface area contributed by atoms with E-state index in [-0.39, 0.29) is 24.5 Å². The van der Waals surface area contributed by atoms with Gasteiger partial charge < -0.3 is 14.7 Å². The molecule has 1 aliphatic heterocycles. The smallest absolute Gasteiger partial charge is 0.228 e. The fraction of sp³-hybridized carbons (Fsp3) is 0.923. The molecule has 0 saturated carbocycles. The highest BCUT2D eigenvalue weighted by molar-refractivity contribution is 5.79. The standard InChI is InChI=1S/C13H25NO3/c1-3-12(4-2)14(7-8-15)13(16)11-6-5-9-17-10-11/h11-12,15H,3-10H2,1-2H3. The van der Waals surface area contributed by atoms with E-state index < -0.39 is 0 Å². The van der Waals surface area contributed by atoms with E-state index in [1.807, 2.05) is 4.90 Å². The number of nitrogens with zero attached hydrogens (tertiary/aromatic N) is 1. The lowest BCUT2D eigenvalue weighted by molar-refractivity contribution is -0.143. The Kier molecular flexibility index (Phi) is 6.52. The maximum Gasteiger partial charge on any atom is 0.228 e. The molecule has 1 amide bonds. The van der Waals surface area contributed by atoms with Gasteiger partial charge in [-0.1, -0.05) is 13.8 Å². The third kappa shape index (κ3) is 3.96. The first kappa shape index (κ1) is 14.5. The molecule has 1 rings (SSSR count). The van der Waals surface area contributed by atoms with Gasteiger partial charge in [-0.05, 0) is 25.7 Å². The van der Waals surface area contributed by atoms with Crippen LogP contribution in [0.5, 0.6) is 0 Å².